The van der Waals surface area contributed by atoms with Crippen LogP contribution in [0.3, 0.4) is 0 Å². The highest BCUT2D eigenvalue weighted by Crippen LogP contribution is 2.22. The quantitative estimate of drug-likeness (QED) is 0.546. The average molecular weight is 357 g/mol. The number of nitrogens with zero attached hydrogens (tertiary/aromatic N) is 4. The standard InChI is InChI=1S/C16H15N5O3S/c1-24-12-6-4-3-5-11(12)19-13(22)8-21-9-18-14-10(15(21)23)7-17-16(20-14)25-2/h3-7,9H,8H2,1-2H3,(H,19,22). The molecule has 9 heteroatoms. The fourth-order valence-corrected chi connectivity index (χ4v) is 2.58. The smallest absolute Gasteiger partial charge is 0.264 e. The summed E-state index contributed by atoms with van der Waals surface area (Å²) in [4.78, 5) is 37.1. The summed E-state index contributed by atoms with van der Waals surface area (Å²) in [5, 5.41) is 3.52. The summed E-state index contributed by atoms with van der Waals surface area (Å²) in [5.74, 6) is 0.173. The van der Waals surface area contributed by atoms with E-state index >= 15 is 0 Å². The van der Waals surface area contributed by atoms with Crippen molar-refractivity contribution < 1.29 is 9.53 Å². The molecule has 3 aromatic rings. The molecule has 2 aromatic heterocycles. The van der Waals surface area contributed by atoms with E-state index in [9.17, 15) is 9.59 Å². The van der Waals surface area contributed by atoms with Gasteiger partial charge in [0.15, 0.2) is 10.8 Å². The zero-order valence-corrected chi connectivity index (χ0v) is 14.4. The van der Waals surface area contributed by atoms with Crippen LogP contribution in [-0.4, -0.2) is 38.8 Å². The molecule has 0 saturated carbocycles. The topological polar surface area (TPSA) is 99.0 Å². The molecule has 25 heavy (non-hydrogen) atoms. The maximum absolute atomic E-state index is 12.5. The molecule has 3 rings (SSSR count). The summed E-state index contributed by atoms with van der Waals surface area (Å²) in [5.41, 5.74) is 0.475. The molecule has 1 amide bonds. The highest BCUT2D eigenvalue weighted by Gasteiger charge is 2.11. The number of carbonyl (C=O) groups excluding carboxylic acids is 1. The number of fused-ring (bicyclic) bond motifs is 1. The van der Waals surface area contributed by atoms with E-state index in [0.717, 1.165) is 0 Å². The monoisotopic (exact) mass is 357 g/mol. The third kappa shape index (κ3) is 3.61. The third-order valence-corrected chi connectivity index (χ3v) is 4.00. The first-order valence-corrected chi connectivity index (χ1v) is 8.54. The first-order valence-electron chi connectivity index (χ1n) is 7.31. The first kappa shape index (κ1) is 16.9. The Balaban J connectivity index is 1.84. The normalized spacial score (nSPS) is 10.6. The van der Waals surface area contributed by atoms with Gasteiger partial charge in [-0.25, -0.2) is 15.0 Å². The molecule has 0 radical (unpaired) electrons. The Kier molecular flexibility index (Phi) is 4.94. The second kappa shape index (κ2) is 7.31. The van der Waals surface area contributed by atoms with Gasteiger partial charge in [-0.3, -0.25) is 14.2 Å². The maximum Gasteiger partial charge on any atom is 0.264 e. The van der Waals surface area contributed by atoms with E-state index in [1.54, 1.807) is 24.3 Å². The number of benzene rings is 1. The van der Waals surface area contributed by atoms with E-state index in [1.807, 2.05) is 6.26 Å². The molecule has 0 bridgehead atoms. The van der Waals surface area contributed by atoms with Gasteiger partial charge >= 0.3 is 0 Å². The van der Waals surface area contributed by atoms with Crippen molar-refractivity contribution in [2.45, 2.75) is 11.7 Å². The molecule has 0 atom stereocenters. The second-order valence-corrected chi connectivity index (χ2v) is 5.79. The van der Waals surface area contributed by atoms with E-state index in [4.69, 9.17) is 4.74 Å². The van der Waals surface area contributed by atoms with Gasteiger partial charge in [0.2, 0.25) is 5.91 Å². The van der Waals surface area contributed by atoms with Crippen LogP contribution in [0, 0.1) is 0 Å². The number of thioether (sulfide) groups is 1. The summed E-state index contributed by atoms with van der Waals surface area (Å²) >= 11 is 1.36. The molecule has 128 valence electrons. The lowest BCUT2D eigenvalue weighted by molar-refractivity contribution is -0.116. The molecule has 0 aliphatic carbocycles. The van der Waals surface area contributed by atoms with Crippen molar-refractivity contribution in [1.82, 2.24) is 19.5 Å². The number of carbonyl (C=O) groups is 1. The van der Waals surface area contributed by atoms with Crippen LogP contribution in [0.4, 0.5) is 5.69 Å². The Morgan fingerprint density at radius 1 is 1.32 bits per heavy atom. The van der Waals surface area contributed by atoms with Crippen LogP contribution in [0.25, 0.3) is 11.0 Å². The number of aromatic nitrogens is 4. The van der Waals surface area contributed by atoms with Crippen molar-refractivity contribution in [3.05, 3.63) is 47.1 Å². The Hall–Kier alpha value is -2.94. The van der Waals surface area contributed by atoms with Crippen LogP contribution in [-0.2, 0) is 11.3 Å². The van der Waals surface area contributed by atoms with Gasteiger partial charge < -0.3 is 10.1 Å². The molecule has 1 N–H and O–H groups in total. The van der Waals surface area contributed by atoms with Gasteiger partial charge in [0.25, 0.3) is 5.56 Å². The van der Waals surface area contributed by atoms with Crippen LogP contribution < -0.4 is 15.6 Å². The van der Waals surface area contributed by atoms with Crippen LogP contribution in [0.2, 0.25) is 0 Å². The molecule has 0 saturated heterocycles. The summed E-state index contributed by atoms with van der Waals surface area (Å²) in [6.45, 7) is -0.176. The zero-order chi connectivity index (χ0) is 17.8. The van der Waals surface area contributed by atoms with E-state index in [0.29, 0.717) is 22.2 Å². The number of ether oxygens (including phenoxy) is 1. The molecular formula is C16H15N5O3S. The Morgan fingerprint density at radius 3 is 2.88 bits per heavy atom. The van der Waals surface area contributed by atoms with Crippen molar-refractivity contribution >= 4 is 34.4 Å². The molecule has 0 spiro atoms. The highest BCUT2D eigenvalue weighted by molar-refractivity contribution is 7.98. The lowest BCUT2D eigenvalue weighted by Crippen LogP contribution is -2.28. The van der Waals surface area contributed by atoms with Crippen molar-refractivity contribution in [3.63, 3.8) is 0 Å². The summed E-state index contributed by atoms with van der Waals surface area (Å²) < 4.78 is 6.40. The molecule has 1 aromatic carbocycles. The van der Waals surface area contributed by atoms with Gasteiger partial charge in [0, 0.05) is 6.20 Å². The van der Waals surface area contributed by atoms with Gasteiger partial charge in [-0.05, 0) is 18.4 Å². The molecule has 0 unspecified atom stereocenters. The summed E-state index contributed by atoms with van der Waals surface area (Å²) in [6, 6.07) is 7.04. The Bertz CT molecular complexity index is 989. The molecule has 0 aliphatic rings. The predicted octanol–water partition coefficient (Wildman–Crippen LogP) is 1.56. The molecule has 0 fully saturated rings. The van der Waals surface area contributed by atoms with Gasteiger partial charge in [-0.1, -0.05) is 23.9 Å². The second-order valence-electron chi connectivity index (χ2n) is 5.02. The molecule has 2 heterocycles. The zero-order valence-electron chi connectivity index (χ0n) is 13.6. The SMILES string of the molecule is COc1ccccc1NC(=O)Cn1cnc2nc(SC)ncc2c1=O. The Morgan fingerprint density at radius 2 is 2.12 bits per heavy atom. The van der Waals surface area contributed by atoms with Crippen molar-refractivity contribution in [2.75, 3.05) is 18.7 Å². The van der Waals surface area contributed by atoms with Crippen LogP contribution >= 0.6 is 11.8 Å². The number of hydrogen-bond acceptors (Lipinski definition) is 7. The average Bonchev–Trinajstić information content (AvgIpc) is 2.64. The largest absolute Gasteiger partial charge is 0.495 e. The lowest BCUT2D eigenvalue weighted by atomic mass is 10.3. The van der Waals surface area contributed by atoms with Gasteiger partial charge in [0.05, 0.1) is 12.8 Å². The molecular weight excluding hydrogens is 342 g/mol. The van der Waals surface area contributed by atoms with E-state index in [-0.39, 0.29) is 23.4 Å². The lowest BCUT2D eigenvalue weighted by Gasteiger charge is -2.10. The van der Waals surface area contributed by atoms with E-state index in [2.05, 4.69) is 20.3 Å². The van der Waals surface area contributed by atoms with Crippen molar-refractivity contribution in [2.24, 2.45) is 0 Å². The Labute approximate surface area is 147 Å². The molecule has 0 aliphatic heterocycles. The fourth-order valence-electron chi connectivity index (χ4n) is 2.24. The van der Waals surface area contributed by atoms with Gasteiger partial charge in [-0.2, -0.15) is 0 Å². The maximum atomic E-state index is 12.5. The highest BCUT2D eigenvalue weighted by atomic mass is 32.2. The minimum atomic E-state index is -0.368. The number of methoxy groups -OCH3 is 1. The first-order chi connectivity index (χ1) is 12.1. The summed E-state index contributed by atoms with van der Waals surface area (Å²) in [7, 11) is 1.52. The number of amides is 1. The fraction of sp³-hybridized carbons (Fsp3) is 0.188. The minimum Gasteiger partial charge on any atom is -0.495 e. The van der Waals surface area contributed by atoms with Crippen molar-refractivity contribution in [1.29, 1.82) is 0 Å². The number of rotatable bonds is 5. The number of anilines is 1. The van der Waals surface area contributed by atoms with Crippen LogP contribution in [0.15, 0.2) is 46.7 Å². The number of para-hydroxylation sites is 2. The summed E-state index contributed by atoms with van der Waals surface area (Å²) in [6.07, 6.45) is 4.58. The van der Waals surface area contributed by atoms with Crippen molar-refractivity contribution in [3.8, 4) is 5.75 Å². The van der Waals surface area contributed by atoms with Crippen LogP contribution in [0.1, 0.15) is 0 Å². The minimum absolute atomic E-state index is 0.176. The number of hydrogen-bond donors (Lipinski definition) is 1. The van der Waals surface area contributed by atoms with Gasteiger partial charge in [-0.15, -0.1) is 0 Å². The van der Waals surface area contributed by atoms with E-state index in [1.165, 1.54) is 36.0 Å². The van der Waals surface area contributed by atoms with E-state index < -0.39 is 0 Å². The molecule has 8 nitrogen and oxygen atoms in total. The van der Waals surface area contributed by atoms with Crippen LogP contribution in [0.5, 0.6) is 5.75 Å². The van der Waals surface area contributed by atoms with Gasteiger partial charge in [0.1, 0.15) is 24.0 Å². The predicted molar refractivity (Wildman–Crippen MR) is 95.0 cm³/mol. The number of nitrogens with one attached hydrogen (secondary N) is 1. The third-order valence-electron chi connectivity index (χ3n) is 3.43.